The summed E-state index contributed by atoms with van der Waals surface area (Å²) in [6.07, 6.45) is 0.390. The van der Waals surface area contributed by atoms with Gasteiger partial charge >= 0.3 is 5.97 Å². The lowest BCUT2D eigenvalue weighted by atomic mass is 10.2. The average Bonchev–Trinajstić information content (AvgIpc) is 2.03. The quantitative estimate of drug-likeness (QED) is 0.622. The number of ether oxygens (including phenoxy) is 1. The van der Waals surface area contributed by atoms with E-state index in [1.165, 1.54) is 7.11 Å². The minimum Gasteiger partial charge on any atom is -0.468 e. The van der Waals surface area contributed by atoms with Gasteiger partial charge in [-0.2, -0.15) is 5.26 Å². The zero-order valence-corrected chi connectivity index (χ0v) is 7.63. The highest BCUT2D eigenvalue weighted by Gasteiger charge is 2.14. The first-order valence-electron chi connectivity index (χ1n) is 3.82. The van der Waals surface area contributed by atoms with E-state index in [-0.39, 0.29) is 18.1 Å². The van der Waals surface area contributed by atoms with Crippen molar-refractivity contribution in [1.29, 1.82) is 5.26 Å². The number of methoxy groups -OCH3 is 1. The van der Waals surface area contributed by atoms with Gasteiger partial charge in [0.2, 0.25) is 0 Å². The van der Waals surface area contributed by atoms with Crippen molar-refractivity contribution in [2.75, 3.05) is 7.11 Å². The standard InChI is InChI=1S/C8H14N2O2/c1-6(4-5-9)10-7(2)8(11)12-3/h6-7,10H,4H2,1-3H3. The molecule has 0 bridgehead atoms. The van der Waals surface area contributed by atoms with Crippen LogP contribution in [0.15, 0.2) is 0 Å². The lowest BCUT2D eigenvalue weighted by molar-refractivity contribution is -0.142. The zero-order valence-electron chi connectivity index (χ0n) is 7.63. The second kappa shape index (κ2) is 5.56. The van der Waals surface area contributed by atoms with Crippen molar-refractivity contribution in [2.45, 2.75) is 32.4 Å². The van der Waals surface area contributed by atoms with Crippen molar-refractivity contribution < 1.29 is 9.53 Å². The van der Waals surface area contributed by atoms with Crippen LogP contribution in [-0.4, -0.2) is 25.2 Å². The maximum Gasteiger partial charge on any atom is 0.322 e. The largest absolute Gasteiger partial charge is 0.468 e. The van der Waals surface area contributed by atoms with Gasteiger partial charge in [-0.3, -0.25) is 4.79 Å². The Hall–Kier alpha value is -1.08. The second-order valence-corrected chi connectivity index (χ2v) is 2.67. The number of esters is 1. The fourth-order valence-corrected chi connectivity index (χ4v) is 0.867. The monoisotopic (exact) mass is 170 g/mol. The van der Waals surface area contributed by atoms with Gasteiger partial charge in [0.25, 0.3) is 0 Å². The van der Waals surface area contributed by atoms with E-state index in [9.17, 15) is 4.79 Å². The molecule has 0 spiro atoms. The van der Waals surface area contributed by atoms with Crippen LogP contribution in [0.5, 0.6) is 0 Å². The highest BCUT2D eigenvalue weighted by Crippen LogP contribution is 1.93. The number of nitrogens with one attached hydrogen (secondary N) is 1. The third kappa shape index (κ3) is 3.94. The second-order valence-electron chi connectivity index (χ2n) is 2.67. The maximum atomic E-state index is 10.9. The summed E-state index contributed by atoms with van der Waals surface area (Å²) in [7, 11) is 1.34. The predicted octanol–water partition coefficient (Wildman–Crippen LogP) is 0.440. The van der Waals surface area contributed by atoms with E-state index in [2.05, 4.69) is 10.1 Å². The molecule has 0 amide bonds. The van der Waals surface area contributed by atoms with Crippen molar-refractivity contribution in [3.05, 3.63) is 0 Å². The molecule has 0 aromatic rings. The van der Waals surface area contributed by atoms with Crippen molar-refractivity contribution in [1.82, 2.24) is 5.32 Å². The van der Waals surface area contributed by atoms with E-state index in [1.807, 2.05) is 13.0 Å². The number of nitrogens with zero attached hydrogens (tertiary/aromatic N) is 1. The number of hydrogen-bond donors (Lipinski definition) is 1. The zero-order chi connectivity index (χ0) is 9.56. The summed E-state index contributed by atoms with van der Waals surface area (Å²) in [6, 6.07) is 1.68. The van der Waals surface area contributed by atoms with Crippen molar-refractivity contribution in [2.24, 2.45) is 0 Å². The minimum atomic E-state index is -0.349. The van der Waals surface area contributed by atoms with E-state index >= 15 is 0 Å². The van der Waals surface area contributed by atoms with Crippen LogP contribution in [0.3, 0.4) is 0 Å². The van der Waals surface area contributed by atoms with Crippen LogP contribution < -0.4 is 5.32 Å². The van der Waals surface area contributed by atoms with E-state index in [1.54, 1.807) is 6.92 Å². The van der Waals surface area contributed by atoms with Crippen molar-refractivity contribution >= 4 is 5.97 Å². The number of hydrogen-bond acceptors (Lipinski definition) is 4. The van der Waals surface area contributed by atoms with Crippen molar-refractivity contribution in [3.63, 3.8) is 0 Å². The molecule has 68 valence electrons. The van der Waals surface area contributed by atoms with Crippen LogP contribution in [0.1, 0.15) is 20.3 Å². The van der Waals surface area contributed by atoms with Crippen LogP contribution in [0.25, 0.3) is 0 Å². The average molecular weight is 170 g/mol. The molecule has 0 saturated carbocycles. The maximum absolute atomic E-state index is 10.9. The molecule has 0 aromatic heterocycles. The number of carbonyl (C=O) groups excluding carboxylic acids is 1. The van der Waals surface area contributed by atoms with Gasteiger partial charge in [0, 0.05) is 6.04 Å². The van der Waals surface area contributed by atoms with E-state index in [4.69, 9.17) is 5.26 Å². The summed E-state index contributed by atoms with van der Waals surface area (Å²) in [5.41, 5.74) is 0. The Bertz CT molecular complexity index is 186. The molecule has 0 fully saturated rings. The molecule has 2 atom stereocenters. The molecular formula is C8H14N2O2. The number of carbonyl (C=O) groups is 1. The molecule has 0 aliphatic carbocycles. The Labute approximate surface area is 72.5 Å². The third-order valence-corrected chi connectivity index (χ3v) is 1.49. The molecule has 0 aliphatic rings. The summed E-state index contributed by atoms with van der Waals surface area (Å²) in [5.74, 6) is -0.306. The summed E-state index contributed by atoms with van der Waals surface area (Å²) < 4.78 is 4.51. The molecule has 0 saturated heterocycles. The van der Waals surface area contributed by atoms with Crippen LogP contribution in [0, 0.1) is 11.3 Å². The lowest BCUT2D eigenvalue weighted by Gasteiger charge is -2.15. The smallest absolute Gasteiger partial charge is 0.322 e. The third-order valence-electron chi connectivity index (χ3n) is 1.49. The van der Waals surface area contributed by atoms with Gasteiger partial charge in [-0.05, 0) is 13.8 Å². The summed E-state index contributed by atoms with van der Waals surface area (Å²) >= 11 is 0. The lowest BCUT2D eigenvalue weighted by Crippen LogP contribution is -2.40. The number of nitriles is 1. The predicted molar refractivity (Wildman–Crippen MR) is 44.3 cm³/mol. The molecule has 0 rings (SSSR count). The topological polar surface area (TPSA) is 62.1 Å². The van der Waals surface area contributed by atoms with Crippen LogP contribution in [-0.2, 0) is 9.53 Å². The van der Waals surface area contributed by atoms with E-state index < -0.39 is 0 Å². The van der Waals surface area contributed by atoms with Gasteiger partial charge in [-0.1, -0.05) is 0 Å². The Morgan fingerprint density at radius 1 is 1.67 bits per heavy atom. The molecular weight excluding hydrogens is 156 g/mol. The van der Waals surface area contributed by atoms with Crippen LogP contribution in [0.2, 0.25) is 0 Å². The Morgan fingerprint density at radius 2 is 2.25 bits per heavy atom. The first kappa shape index (κ1) is 10.9. The van der Waals surface area contributed by atoms with Gasteiger partial charge in [0.1, 0.15) is 6.04 Å². The molecule has 12 heavy (non-hydrogen) atoms. The first-order valence-corrected chi connectivity index (χ1v) is 3.82. The molecule has 0 aliphatic heterocycles. The van der Waals surface area contributed by atoms with E-state index in [0.717, 1.165) is 0 Å². The van der Waals surface area contributed by atoms with Gasteiger partial charge < -0.3 is 10.1 Å². The van der Waals surface area contributed by atoms with Crippen molar-refractivity contribution in [3.8, 4) is 6.07 Å². The molecule has 2 unspecified atom stereocenters. The Balaban J connectivity index is 3.76. The molecule has 1 N–H and O–H groups in total. The van der Waals surface area contributed by atoms with Gasteiger partial charge in [-0.25, -0.2) is 0 Å². The van der Waals surface area contributed by atoms with Gasteiger partial charge in [0.15, 0.2) is 0 Å². The van der Waals surface area contributed by atoms with Crippen LogP contribution >= 0.6 is 0 Å². The SMILES string of the molecule is COC(=O)C(C)NC(C)CC#N. The Kier molecular flexibility index (Phi) is 5.06. The first-order chi connectivity index (χ1) is 5.61. The summed E-state index contributed by atoms with van der Waals surface area (Å²) in [5, 5.41) is 11.3. The molecule has 4 heteroatoms. The summed E-state index contributed by atoms with van der Waals surface area (Å²) in [4.78, 5) is 10.9. The fourth-order valence-electron chi connectivity index (χ4n) is 0.867. The molecule has 4 nitrogen and oxygen atoms in total. The van der Waals surface area contributed by atoms with Gasteiger partial charge in [0.05, 0.1) is 19.6 Å². The normalized spacial score (nSPS) is 14.5. The van der Waals surface area contributed by atoms with Gasteiger partial charge in [-0.15, -0.1) is 0 Å². The molecule has 0 aromatic carbocycles. The Morgan fingerprint density at radius 3 is 2.67 bits per heavy atom. The molecule has 0 radical (unpaired) electrons. The highest BCUT2D eigenvalue weighted by molar-refractivity contribution is 5.75. The highest BCUT2D eigenvalue weighted by atomic mass is 16.5. The molecule has 0 heterocycles. The van der Waals surface area contributed by atoms with Crippen LogP contribution in [0.4, 0.5) is 0 Å². The number of rotatable bonds is 4. The summed E-state index contributed by atoms with van der Waals surface area (Å²) in [6.45, 7) is 3.56. The fraction of sp³-hybridized carbons (Fsp3) is 0.750. The minimum absolute atomic E-state index is 0.0177. The van der Waals surface area contributed by atoms with E-state index in [0.29, 0.717) is 6.42 Å².